The Balaban J connectivity index is 2.36. The van der Waals surface area contributed by atoms with Gasteiger partial charge in [0.05, 0.1) is 0 Å². The zero-order valence-electron chi connectivity index (χ0n) is 11.0. The topological polar surface area (TPSA) is 3.24 Å². The first-order valence-electron chi connectivity index (χ1n) is 6.20. The third kappa shape index (κ3) is 1.94. The fourth-order valence-corrected chi connectivity index (χ4v) is 3.70. The summed E-state index contributed by atoms with van der Waals surface area (Å²) in [5.74, 6) is 0. The molecule has 90 valence electrons. The molecule has 1 nitrogen and oxygen atoms in total. The summed E-state index contributed by atoms with van der Waals surface area (Å²) in [4.78, 5) is 2.23. The maximum Gasteiger partial charge on any atom is 0.139 e. The first-order valence-corrected chi connectivity index (χ1v) is 7.02. The standard InChI is InChI=1S/C15H16BNS/c1-17(2)9-10-7-11(16)8-13-12-5-3-4-6-14(12)18-15(10)13/h3-8H,9,16H2,1-2H3. The van der Waals surface area contributed by atoms with Gasteiger partial charge in [-0.2, -0.15) is 0 Å². The van der Waals surface area contributed by atoms with Gasteiger partial charge in [-0.15, -0.1) is 11.3 Å². The molecule has 2 aromatic carbocycles. The number of fused-ring (bicyclic) bond motifs is 3. The zero-order chi connectivity index (χ0) is 12.7. The zero-order valence-corrected chi connectivity index (χ0v) is 11.8. The number of nitrogens with zero attached hydrogens (tertiary/aromatic N) is 1. The minimum absolute atomic E-state index is 1.00. The van der Waals surface area contributed by atoms with Crippen LogP contribution in [0.3, 0.4) is 0 Å². The summed E-state index contributed by atoms with van der Waals surface area (Å²) in [6.07, 6.45) is 0. The fraction of sp³-hybridized carbons (Fsp3) is 0.200. The minimum atomic E-state index is 1.00. The lowest BCUT2D eigenvalue weighted by Crippen LogP contribution is -2.13. The molecule has 18 heavy (non-hydrogen) atoms. The molecule has 0 saturated carbocycles. The van der Waals surface area contributed by atoms with Crippen LogP contribution in [-0.4, -0.2) is 26.8 Å². The average molecular weight is 253 g/mol. The quantitative estimate of drug-likeness (QED) is 0.634. The number of thiophene rings is 1. The van der Waals surface area contributed by atoms with E-state index >= 15 is 0 Å². The highest BCUT2D eigenvalue weighted by Crippen LogP contribution is 2.35. The Kier molecular flexibility index (Phi) is 2.88. The van der Waals surface area contributed by atoms with Gasteiger partial charge in [0.1, 0.15) is 7.85 Å². The predicted molar refractivity (Wildman–Crippen MR) is 84.9 cm³/mol. The van der Waals surface area contributed by atoms with Gasteiger partial charge in [0.2, 0.25) is 0 Å². The number of hydrogen-bond acceptors (Lipinski definition) is 2. The van der Waals surface area contributed by atoms with E-state index in [0.29, 0.717) is 0 Å². The van der Waals surface area contributed by atoms with E-state index in [4.69, 9.17) is 0 Å². The van der Waals surface area contributed by atoms with Crippen molar-refractivity contribution in [1.82, 2.24) is 4.90 Å². The van der Waals surface area contributed by atoms with E-state index in [0.717, 1.165) is 6.54 Å². The molecule has 0 fully saturated rings. The molecule has 0 aliphatic rings. The van der Waals surface area contributed by atoms with E-state index < -0.39 is 0 Å². The van der Waals surface area contributed by atoms with Gasteiger partial charge in [-0.1, -0.05) is 35.8 Å². The maximum atomic E-state index is 2.32. The second-order valence-electron chi connectivity index (χ2n) is 5.14. The van der Waals surface area contributed by atoms with Gasteiger partial charge in [-0.05, 0) is 25.7 Å². The SMILES string of the molecule is Bc1cc(CN(C)C)c2sc3ccccc3c2c1. The lowest BCUT2D eigenvalue weighted by atomic mass is 9.92. The summed E-state index contributed by atoms with van der Waals surface area (Å²) >= 11 is 1.91. The van der Waals surface area contributed by atoms with Crippen LogP contribution in [-0.2, 0) is 6.54 Å². The smallest absolute Gasteiger partial charge is 0.139 e. The van der Waals surface area contributed by atoms with Crippen molar-refractivity contribution in [2.75, 3.05) is 14.1 Å². The van der Waals surface area contributed by atoms with Gasteiger partial charge < -0.3 is 4.90 Å². The molecule has 0 spiro atoms. The molecule has 0 N–H and O–H groups in total. The summed E-state index contributed by atoms with van der Waals surface area (Å²) in [7, 11) is 6.44. The first-order chi connectivity index (χ1) is 8.65. The fourth-order valence-electron chi connectivity index (χ4n) is 2.52. The van der Waals surface area contributed by atoms with E-state index in [1.54, 1.807) is 0 Å². The van der Waals surface area contributed by atoms with Gasteiger partial charge in [-0.25, -0.2) is 0 Å². The van der Waals surface area contributed by atoms with Gasteiger partial charge in [0.15, 0.2) is 0 Å². The Hall–Kier alpha value is -1.32. The van der Waals surface area contributed by atoms with Gasteiger partial charge >= 0.3 is 0 Å². The molecule has 0 bridgehead atoms. The molecule has 0 aliphatic carbocycles. The highest BCUT2D eigenvalue weighted by molar-refractivity contribution is 7.26. The van der Waals surface area contributed by atoms with Crippen LogP contribution in [0, 0.1) is 0 Å². The molecule has 3 aromatic rings. The summed E-state index contributed by atoms with van der Waals surface area (Å²) < 4.78 is 2.83. The molecule has 0 aliphatic heterocycles. The Morgan fingerprint density at radius 1 is 1.11 bits per heavy atom. The van der Waals surface area contributed by atoms with Crippen molar-refractivity contribution < 1.29 is 0 Å². The van der Waals surface area contributed by atoms with Crippen LogP contribution >= 0.6 is 11.3 Å². The Bertz CT molecular complexity index is 715. The predicted octanol–water partition coefficient (Wildman–Crippen LogP) is 2.37. The van der Waals surface area contributed by atoms with E-state index in [1.807, 2.05) is 11.3 Å². The number of hydrogen-bond donors (Lipinski definition) is 0. The van der Waals surface area contributed by atoms with Crippen molar-refractivity contribution in [3.63, 3.8) is 0 Å². The van der Waals surface area contributed by atoms with Crippen LogP contribution in [0.1, 0.15) is 5.56 Å². The van der Waals surface area contributed by atoms with E-state index in [1.165, 1.54) is 31.2 Å². The molecule has 0 atom stereocenters. The van der Waals surface area contributed by atoms with E-state index in [-0.39, 0.29) is 0 Å². The summed E-state index contributed by atoms with van der Waals surface area (Å²) in [5.41, 5.74) is 2.79. The van der Waals surface area contributed by atoms with Crippen molar-refractivity contribution >= 4 is 44.8 Å². The van der Waals surface area contributed by atoms with Gasteiger partial charge in [-0.3, -0.25) is 0 Å². The molecule has 0 amide bonds. The summed E-state index contributed by atoms with van der Waals surface area (Å²) in [6, 6.07) is 13.3. The lowest BCUT2D eigenvalue weighted by Gasteiger charge is -2.11. The third-order valence-corrected chi connectivity index (χ3v) is 4.45. The first kappa shape index (κ1) is 11.8. The van der Waals surface area contributed by atoms with Crippen LogP contribution in [0.15, 0.2) is 36.4 Å². The van der Waals surface area contributed by atoms with Crippen LogP contribution in [0.5, 0.6) is 0 Å². The highest BCUT2D eigenvalue weighted by Gasteiger charge is 2.09. The van der Waals surface area contributed by atoms with Crippen LogP contribution in [0.25, 0.3) is 20.2 Å². The van der Waals surface area contributed by atoms with Crippen molar-refractivity contribution in [3.05, 3.63) is 42.0 Å². The Labute approximate surface area is 112 Å². The van der Waals surface area contributed by atoms with Crippen LogP contribution < -0.4 is 5.46 Å². The molecule has 3 heteroatoms. The summed E-state index contributed by atoms with van der Waals surface area (Å²) in [6.45, 7) is 1.00. The van der Waals surface area contributed by atoms with Crippen molar-refractivity contribution in [3.8, 4) is 0 Å². The molecule has 1 heterocycles. The minimum Gasteiger partial charge on any atom is -0.305 e. The largest absolute Gasteiger partial charge is 0.305 e. The second-order valence-corrected chi connectivity index (χ2v) is 6.19. The lowest BCUT2D eigenvalue weighted by molar-refractivity contribution is 0.404. The number of benzene rings is 2. The normalized spacial score (nSPS) is 11.7. The molecule has 3 rings (SSSR count). The van der Waals surface area contributed by atoms with Gasteiger partial charge in [0.25, 0.3) is 0 Å². The average Bonchev–Trinajstić information content (AvgIpc) is 2.67. The van der Waals surface area contributed by atoms with Crippen molar-refractivity contribution in [2.45, 2.75) is 6.54 Å². The monoisotopic (exact) mass is 253 g/mol. The maximum absolute atomic E-state index is 2.32. The molecular formula is C15H16BNS. The summed E-state index contributed by atoms with van der Waals surface area (Å²) in [5, 5.41) is 2.80. The van der Waals surface area contributed by atoms with Crippen molar-refractivity contribution in [1.29, 1.82) is 0 Å². The Morgan fingerprint density at radius 2 is 1.89 bits per heavy atom. The van der Waals surface area contributed by atoms with E-state index in [9.17, 15) is 0 Å². The highest BCUT2D eigenvalue weighted by atomic mass is 32.1. The van der Waals surface area contributed by atoms with E-state index in [2.05, 4.69) is 63.2 Å². The number of rotatable bonds is 2. The molecule has 0 radical (unpaired) electrons. The van der Waals surface area contributed by atoms with Gasteiger partial charge in [0, 0.05) is 26.7 Å². The Morgan fingerprint density at radius 3 is 2.67 bits per heavy atom. The van der Waals surface area contributed by atoms with Crippen LogP contribution in [0.4, 0.5) is 0 Å². The third-order valence-electron chi connectivity index (χ3n) is 3.19. The molecule has 0 unspecified atom stereocenters. The molecular weight excluding hydrogens is 237 g/mol. The van der Waals surface area contributed by atoms with Crippen molar-refractivity contribution in [2.24, 2.45) is 0 Å². The molecule has 0 saturated heterocycles. The second kappa shape index (κ2) is 4.41. The van der Waals surface area contributed by atoms with Crippen LogP contribution in [0.2, 0.25) is 0 Å². The molecule has 1 aromatic heterocycles.